The number of aromatic nitrogens is 5. The molecule has 4 rings (SSSR count). The van der Waals surface area contributed by atoms with Crippen molar-refractivity contribution in [3.63, 3.8) is 0 Å². The second-order valence-corrected chi connectivity index (χ2v) is 8.48. The summed E-state index contributed by atoms with van der Waals surface area (Å²) in [6.07, 6.45) is 1.52. The van der Waals surface area contributed by atoms with Gasteiger partial charge in [0.25, 0.3) is 5.91 Å². The highest BCUT2D eigenvalue weighted by molar-refractivity contribution is 9.10. The Labute approximate surface area is 196 Å². The van der Waals surface area contributed by atoms with Crippen molar-refractivity contribution in [2.45, 2.75) is 26.9 Å². The fraction of sp³-hybridized carbons (Fsp3) is 0.200. The highest BCUT2D eigenvalue weighted by Gasteiger charge is 2.16. The molecule has 4 aromatic rings. The second-order valence-electron chi connectivity index (χ2n) is 6.88. The third kappa shape index (κ3) is 4.84. The first kappa shape index (κ1) is 21.6. The monoisotopic (exact) mass is 522 g/mol. The first-order chi connectivity index (χ1) is 14.8. The SMILES string of the molecule is Cc1nn(Cc2ccc(C(=O)Nc3ncn(Cc4ccc(Cl)c(Cl)c4)n3)o2)c(C)c1Br. The Hall–Kier alpha value is -2.62. The van der Waals surface area contributed by atoms with Crippen LogP contribution in [0.15, 0.2) is 45.5 Å². The van der Waals surface area contributed by atoms with E-state index < -0.39 is 5.91 Å². The maximum atomic E-state index is 12.5. The molecule has 0 aliphatic heterocycles. The summed E-state index contributed by atoms with van der Waals surface area (Å²) in [7, 11) is 0. The number of aryl methyl sites for hydroxylation is 1. The molecule has 31 heavy (non-hydrogen) atoms. The fourth-order valence-corrected chi connectivity index (χ4v) is 3.58. The number of amides is 1. The van der Waals surface area contributed by atoms with E-state index in [4.69, 9.17) is 27.6 Å². The van der Waals surface area contributed by atoms with Crippen LogP contribution in [0.1, 0.15) is 33.3 Å². The van der Waals surface area contributed by atoms with Crippen molar-refractivity contribution in [2.24, 2.45) is 0 Å². The number of rotatable bonds is 6. The molecule has 0 bridgehead atoms. The lowest BCUT2D eigenvalue weighted by Gasteiger charge is -2.03. The molecule has 0 radical (unpaired) electrons. The number of carbonyl (C=O) groups excluding carboxylic acids is 1. The van der Waals surface area contributed by atoms with E-state index >= 15 is 0 Å². The van der Waals surface area contributed by atoms with Crippen LogP contribution >= 0.6 is 39.1 Å². The molecule has 8 nitrogen and oxygen atoms in total. The Kier molecular flexibility index (Phi) is 6.17. The van der Waals surface area contributed by atoms with Crippen LogP contribution in [0.3, 0.4) is 0 Å². The number of furan rings is 1. The van der Waals surface area contributed by atoms with Gasteiger partial charge in [-0.1, -0.05) is 29.3 Å². The predicted octanol–water partition coefficient (Wildman–Crippen LogP) is 5.10. The normalized spacial score (nSPS) is 11.1. The van der Waals surface area contributed by atoms with Gasteiger partial charge >= 0.3 is 0 Å². The summed E-state index contributed by atoms with van der Waals surface area (Å²) >= 11 is 15.5. The van der Waals surface area contributed by atoms with Crippen molar-refractivity contribution in [3.8, 4) is 0 Å². The van der Waals surface area contributed by atoms with Gasteiger partial charge in [0, 0.05) is 0 Å². The zero-order valence-electron chi connectivity index (χ0n) is 16.6. The lowest BCUT2D eigenvalue weighted by molar-refractivity contribution is 0.0993. The summed E-state index contributed by atoms with van der Waals surface area (Å²) in [5.74, 6) is 0.511. The lowest BCUT2D eigenvalue weighted by Crippen LogP contribution is -2.13. The highest BCUT2D eigenvalue weighted by Crippen LogP contribution is 2.23. The van der Waals surface area contributed by atoms with Gasteiger partial charge in [0.15, 0.2) is 5.76 Å². The van der Waals surface area contributed by atoms with E-state index in [9.17, 15) is 4.79 Å². The van der Waals surface area contributed by atoms with E-state index in [0.29, 0.717) is 28.9 Å². The van der Waals surface area contributed by atoms with Crippen LogP contribution in [-0.4, -0.2) is 30.5 Å². The first-order valence-corrected chi connectivity index (χ1v) is 10.8. The summed E-state index contributed by atoms with van der Waals surface area (Å²) < 4.78 is 10.0. The minimum Gasteiger partial charge on any atom is -0.454 e. The number of hydrogen-bond donors (Lipinski definition) is 1. The predicted molar refractivity (Wildman–Crippen MR) is 121 cm³/mol. The van der Waals surface area contributed by atoms with Crippen LogP contribution in [0, 0.1) is 13.8 Å². The zero-order valence-corrected chi connectivity index (χ0v) is 19.7. The van der Waals surface area contributed by atoms with Crippen molar-refractivity contribution in [2.75, 3.05) is 5.32 Å². The molecule has 3 heterocycles. The van der Waals surface area contributed by atoms with Crippen molar-refractivity contribution in [3.05, 3.63) is 79.6 Å². The van der Waals surface area contributed by atoms with Gasteiger partial charge in [-0.05, 0) is 59.6 Å². The lowest BCUT2D eigenvalue weighted by atomic mass is 10.2. The fourth-order valence-electron chi connectivity index (χ4n) is 2.98. The second kappa shape index (κ2) is 8.86. The third-order valence-electron chi connectivity index (χ3n) is 4.57. The van der Waals surface area contributed by atoms with E-state index in [1.807, 2.05) is 24.6 Å². The largest absolute Gasteiger partial charge is 0.454 e. The summed E-state index contributed by atoms with van der Waals surface area (Å²) in [5, 5.41) is 12.3. The van der Waals surface area contributed by atoms with E-state index in [0.717, 1.165) is 21.4 Å². The minimum absolute atomic E-state index is 0.163. The van der Waals surface area contributed by atoms with Crippen LogP contribution in [-0.2, 0) is 13.1 Å². The Morgan fingerprint density at radius 3 is 2.65 bits per heavy atom. The average molecular weight is 524 g/mol. The van der Waals surface area contributed by atoms with Crippen LogP contribution in [0.5, 0.6) is 0 Å². The van der Waals surface area contributed by atoms with Crippen molar-refractivity contribution in [1.29, 1.82) is 0 Å². The van der Waals surface area contributed by atoms with Gasteiger partial charge in [-0.3, -0.25) is 14.8 Å². The van der Waals surface area contributed by atoms with Gasteiger partial charge in [-0.2, -0.15) is 5.10 Å². The maximum absolute atomic E-state index is 12.5. The summed E-state index contributed by atoms with van der Waals surface area (Å²) in [6, 6.07) is 8.68. The first-order valence-electron chi connectivity index (χ1n) is 9.23. The molecule has 1 amide bonds. The molecular formula is C20H17BrCl2N6O2. The number of hydrogen-bond acceptors (Lipinski definition) is 5. The van der Waals surface area contributed by atoms with Crippen molar-refractivity contribution >= 4 is 51.0 Å². The number of carbonyl (C=O) groups is 1. The van der Waals surface area contributed by atoms with Crippen LogP contribution in [0.4, 0.5) is 5.95 Å². The molecule has 3 aromatic heterocycles. The number of anilines is 1. The van der Waals surface area contributed by atoms with Gasteiger partial charge in [0.05, 0.1) is 39.0 Å². The topological polar surface area (TPSA) is 90.8 Å². The quantitative estimate of drug-likeness (QED) is 0.379. The van der Waals surface area contributed by atoms with Crippen molar-refractivity contribution < 1.29 is 9.21 Å². The molecule has 1 N–H and O–H groups in total. The Morgan fingerprint density at radius 2 is 1.94 bits per heavy atom. The smallest absolute Gasteiger partial charge is 0.293 e. The van der Waals surface area contributed by atoms with E-state index in [2.05, 4.69) is 36.4 Å². The molecule has 0 fully saturated rings. The standard InChI is InChI=1S/C20H17BrCl2N6O2/c1-11-18(21)12(2)29(26-11)9-14-4-6-17(31-14)19(30)25-20-24-10-28(27-20)8-13-3-5-15(22)16(23)7-13/h3-7,10H,8-9H2,1-2H3,(H,25,27,30). The number of benzene rings is 1. The van der Waals surface area contributed by atoms with Gasteiger partial charge in [0.2, 0.25) is 5.95 Å². The molecule has 0 spiro atoms. The van der Waals surface area contributed by atoms with Gasteiger partial charge in [-0.15, -0.1) is 5.10 Å². The summed E-state index contributed by atoms with van der Waals surface area (Å²) in [6.45, 7) is 4.73. The number of halogens is 3. The number of nitrogens with zero attached hydrogens (tertiary/aromatic N) is 5. The van der Waals surface area contributed by atoms with Crippen LogP contribution < -0.4 is 5.32 Å². The van der Waals surface area contributed by atoms with Gasteiger partial charge in [0.1, 0.15) is 12.1 Å². The summed E-state index contributed by atoms with van der Waals surface area (Å²) in [5.41, 5.74) is 2.78. The Balaban J connectivity index is 1.40. The molecule has 1 aromatic carbocycles. The van der Waals surface area contributed by atoms with Crippen LogP contribution in [0.2, 0.25) is 10.0 Å². The highest BCUT2D eigenvalue weighted by atomic mass is 79.9. The molecule has 11 heteroatoms. The number of nitrogens with one attached hydrogen (secondary N) is 1. The molecule has 0 unspecified atom stereocenters. The van der Waals surface area contributed by atoms with E-state index in [-0.39, 0.29) is 11.7 Å². The van der Waals surface area contributed by atoms with Crippen LogP contribution in [0.25, 0.3) is 0 Å². The third-order valence-corrected chi connectivity index (χ3v) is 6.46. The van der Waals surface area contributed by atoms with Gasteiger partial charge in [-0.25, -0.2) is 9.67 Å². The molecule has 0 atom stereocenters. The van der Waals surface area contributed by atoms with Crippen molar-refractivity contribution in [1.82, 2.24) is 24.5 Å². The van der Waals surface area contributed by atoms with E-state index in [1.165, 1.54) is 6.33 Å². The average Bonchev–Trinajstić information content (AvgIpc) is 3.43. The summed E-state index contributed by atoms with van der Waals surface area (Å²) in [4.78, 5) is 16.6. The zero-order chi connectivity index (χ0) is 22.1. The minimum atomic E-state index is -0.437. The molecule has 0 saturated carbocycles. The maximum Gasteiger partial charge on any atom is 0.293 e. The molecule has 0 aliphatic carbocycles. The van der Waals surface area contributed by atoms with Gasteiger partial charge < -0.3 is 4.42 Å². The molecule has 0 aliphatic rings. The Morgan fingerprint density at radius 1 is 1.13 bits per heavy atom. The van der Waals surface area contributed by atoms with E-state index in [1.54, 1.807) is 28.9 Å². The Bertz CT molecular complexity index is 1260. The molecule has 160 valence electrons. The molecule has 0 saturated heterocycles. The molecular weight excluding hydrogens is 507 g/mol.